The highest BCUT2D eigenvalue weighted by molar-refractivity contribution is 6.42. The minimum Gasteiger partial charge on any atom is -0.313 e. The molecule has 1 aliphatic heterocycles. The predicted molar refractivity (Wildman–Crippen MR) is 96.3 cm³/mol. The number of hydrogen-bond donors (Lipinski definition) is 2. The van der Waals surface area contributed by atoms with Crippen LogP contribution in [0.5, 0.6) is 0 Å². The van der Waals surface area contributed by atoms with E-state index in [1.165, 1.54) is 6.07 Å². The van der Waals surface area contributed by atoms with Gasteiger partial charge in [0.2, 0.25) is 5.95 Å². The van der Waals surface area contributed by atoms with Crippen molar-refractivity contribution in [2.24, 2.45) is 0 Å². The molecule has 0 bridgehead atoms. The van der Waals surface area contributed by atoms with Gasteiger partial charge in [0.15, 0.2) is 0 Å². The van der Waals surface area contributed by atoms with Gasteiger partial charge in [-0.15, -0.1) is 0 Å². The van der Waals surface area contributed by atoms with Crippen LogP contribution >= 0.6 is 23.2 Å². The van der Waals surface area contributed by atoms with E-state index in [0.717, 1.165) is 30.3 Å². The molecule has 0 radical (unpaired) electrons. The van der Waals surface area contributed by atoms with Crippen LogP contribution in [0.1, 0.15) is 10.4 Å². The number of nitrogens with zero attached hydrogens (tertiary/aromatic N) is 2. The topological polar surface area (TPSA) is 76.0 Å². The SMILES string of the molecule is O=C(NC1(C(F)(F)F)C(=O)Nc2nc3cc(Cl)c(Cl)cc3n21)c1cccc(F)c1. The molecular formula is C17H8Cl2F4N4O2. The molecule has 2 amide bonds. The lowest BCUT2D eigenvalue weighted by atomic mass is 10.1. The van der Waals surface area contributed by atoms with Crippen molar-refractivity contribution in [1.82, 2.24) is 14.9 Å². The fraction of sp³-hybridized carbons (Fsp3) is 0.118. The summed E-state index contributed by atoms with van der Waals surface area (Å²) in [5.41, 5.74) is -4.11. The van der Waals surface area contributed by atoms with Crippen LogP contribution in [0.15, 0.2) is 36.4 Å². The summed E-state index contributed by atoms with van der Waals surface area (Å²) < 4.78 is 56.6. The lowest BCUT2D eigenvalue weighted by Gasteiger charge is -2.32. The molecule has 12 heteroatoms. The van der Waals surface area contributed by atoms with Crippen molar-refractivity contribution in [1.29, 1.82) is 0 Å². The number of rotatable bonds is 2. The number of fused-ring (bicyclic) bond motifs is 3. The van der Waals surface area contributed by atoms with Crippen molar-refractivity contribution in [3.05, 3.63) is 57.8 Å². The second kappa shape index (κ2) is 6.33. The van der Waals surface area contributed by atoms with Gasteiger partial charge in [-0.1, -0.05) is 29.3 Å². The number of carbonyl (C=O) groups excluding carboxylic acids is 2. The molecule has 2 heterocycles. The molecule has 1 aliphatic rings. The summed E-state index contributed by atoms with van der Waals surface area (Å²) in [6.07, 6.45) is -5.29. The Bertz CT molecular complexity index is 1190. The average Bonchev–Trinajstić information content (AvgIpc) is 3.09. The van der Waals surface area contributed by atoms with Crippen molar-refractivity contribution >= 4 is 52.0 Å². The van der Waals surface area contributed by atoms with E-state index in [1.54, 1.807) is 5.32 Å². The maximum atomic E-state index is 14.2. The standard InChI is InChI=1S/C17H8Cl2F4N4O2/c18-9-5-11-12(6-10(9)19)27-15(24-11)25-14(29)16(27,17(21,22)23)26-13(28)7-2-1-3-8(20)4-7/h1-6H,(H,26,28)(H,24,25,29). The molecule has 0 saturated carbocycles. The Morgan fingerprint density at radius 2 is 1.86 bits per heavy atom. The van der Waals surface area contributed by atoms with Crippen molar-refractivity contribution < 1.29 is 27.2 Å². The highest BCUT2D eigenvalue weighted by atomic mass is 35.5. The van der Waals surface area contributed by atoms with E-state index >= 15 is 0 Å². The zero-order chi connectivity index (χ0) is 21.1. The van der Waals surface area contributed by atoms with Gasteiger partial charge in [0.1, 0.15) is 5.82 Å². The molecule has 2 N–H and O–H groups in total. The molecule has 1 aromatic heterocycles. The Hall–Kier alpha value is -2.85. The van der Waals surface area contributed by atoms with Crippen LogP contribution in [-0.4, -0.2) is 27.5 Å². The average molecular weight is 447 g/mol. The first-order chi connectivity index (χ1) is 13.5. The molecule has 150 valence electrons. The van der Waals surface area contributed by atoms with Gasteiger partial charge in [0.05, 0.1) is 21.1 Å². The third kappa shape index (κ3) is 2.82. The van der Waals surface area contributed by atoms with Crippen molar-refractivity contribution in [2.45, 2.75) is 11.8 Å². The molecule has 29 heavy (non-hydrogen) atoms. The molecule has 1 atom stereocenters. The van der Waals surface area contributed by atoms with Crippen molar-refractivity contribution in [3.8, 4) is 0 Å². The number of imidazole rings is 1. The van der Waals surface area contributed by atoms with Crippen LogP contribution < -0.4 is 10.6 Å². The molecule has 0 aliphatic carbocycles. The van der Waals surface area contributed by atoms with Gasteiger partial charge < -0.3 is 5.32 Å². The Balaban J connectivity index is 1.93. The fourth-order valence-electron chi connectivity index (χ4n) is 3.09. The van der Waals surface area contributed by atoms with Crippen LogP contribution in [0.25, 0.3) is 11.0 Å². The van der Waals surface area contributed by atoms with Gasteiger partial charge in [0, 0.05) is 5.56 Å². The highest BCUT2D eigenvalue weighted by Gasteiger charge is 2.67. The monoisotopic (exact) mass is 446 g/mol. The summed E-state index contributed by atoms with van der Waals surface area (Å²) in [6, 6.07) is 6.36. The summed E-state index contributed by atoms with van der Waals surface area (Å²) in [5.74, 6) is -4.18. The van der Waals surface area contributed by atoms with E-state index in [-0.39, 0.29) is 21.1 Å². The molecule has 1 unspecified atom stereocenters. The van der Waals surface area contributed by atoms with Crippen LogP contribution in [-0.2, 0) is 10.5 Å². The number of benzene rings is 2. The number of hydrogen-bond acceptors (Lipinski definition) is 3. The number of nitrogens with one attached hydrogen (secondary N) is 2. The Morgan fingerprint density at radius 1 is 1.17 bits per heavy atom. The van der Waals surface area contributed by atoms with E-state index < -0.39 is 41.0 Å². The Labute approximate surface area is 169 Å². The zero-order valence-corrected chi connectivity index (χ0v) is 15.5. The number of carbonyl (C=O) groups is 2. The van der Waals surface area contributed by atoms with Crippen LogP contribution in [0.3, 0.4) is 0 Å². The van der Waals surface area contributed by atoms with Gasteiger partial charge in [-0.2, -0.15) is 13.2 Å². The lowest BCUT2D eigenvalue weighted by molar-refractivity contribution is -0.213. The van der Waals surface area contributed by atoms with Gasteiger partial charge in [-0.3, -0.25) is 19.5 Å². The quantitative estimate of drug-likeness (QED) is 0.582. The maximum absolute atomic E-state index is 14.2. The minimum absolute atomic E-state index is 0.0167. The largest absolute Gasteiger partial charge is 0.440 e. The fourth-order valence-corrected chi connectivity index (χ4v) is 3.41. The predicted octanol–water partition coefficient (Wildman–Crippen LogP) is 4.08. The van der Waals surface area contributed by atoms with Gasteiger partial charge in [-0.05, 0) is 30.3 Å². The summed E-state index contributed by atoms with van der Waals surface area (Å²) in [7, 11) is 0. The van der Waals surface area contributed by atoms with E-state index in [4.69, 9.17) is 23.2 Å². The summed E-state index contributed by atoms with van der Waals surface area (Å²) in [6.45, 7) is 0. The first kappa shape index (κ1) is 19.5. The Morgan fingerprint density at radius 3 is 2.52 bits per heavy atom. The number of anilines is 1. The van der Waals surface area contributed by atoms with Crippen molar-refractivity contribution in [2.75, 3.05) is 5.32 Å². The normalized spacial score (nSPS) is 18.6. The van der Waals surface area contributed by atoms with Crippen LogP contribution in [0.4, 0.5) is 23.5 Å². The molecule has 2 aromatic carbocycles. The lowest BCUT2D eigenvalue weighted by Crippen LogP contribution is -2.63. The molecule has 0 saturated heterocycles. The van der Waals surface area contributed by atoms with Crippen molar-refractivity contribution in [3.63, 3.8) is 0 Å². The second-order valence-corrected chi connectivity index (χ2v) is 6.97. The molecule has 4 rings (SSSR count). The summed E-state index contributed by atoms with van der Waals surface area (Å²) in [4.78, 5) is 28.9. The molecular weight excluding hydrogens is 439 g/mol. The first-order valence-electron chi connectivity index (χ1n) is 7.89. The smallest absolute Gasteiger partial charge is 0.313 e. The highest BCUT2D eigenvalue weighted by Crippen LogP contribution is 2.45. The van der Waals surface area contributed by atoms with Gasteiger partial charge >= 0.3 is 6.18 Å². The minimum atomic E-state index is -5.29. The van der Waals surface area contributed by atoms with Crippen LogP contribution in [0.2, 0.25) is 10.0 Å². The molecule has 3 aromatic rings. The molecule has 6 nitrogen and oxygen atoms in total. The van der Waals surface area contributed by atoms with Gasteiger partial charge in [-0.25, -0.2) is 9.37 Å². The molecule has 0 fully saturated rings. The Kier molecular flexibility index (Phi) is 4.25. The third-order valence-corrected chi connectivity index (χ3v) is 5.10. The van der Waals surface area contributed by atoms with Gasteiger partial charge in [0.25, 0.3) is 17.5 Å². The number of alkyl halides is 3. The molecule has 0 spiro atoms. The summed E-state index contributed by atoms with van der Waals surface area (Å²) in [5, 5.41) is 3.68. The number of aromatic nitrogens is 2. The van der Waals surface area contributed by atoms with E-state index in [9.17, 15) is 27.2 Å². The van der Waals surface area contributed by atoms with E-state index in [0.29, 0.717) is 4.57 Å². The maximum Gasteiger partial charge on any atom is 0.440 e. The third-order valence-electron chi connectivity index (χ3n) is 4.38. The number of amides is 2. The van der Waals surface area contributed by atoms with E-state index in [1.807, 2.05) is 5.32 Å². The number of halogens is 6. The summed E-state index contributed by atoms with van der Waals surface area (Å²) >= 11 is 11.8. The zero-order valence-electron chi connectivity index (χ0n) is 13.9. The first-order valence-corrected chi connectivity index (χ1v) is 8.64. The van der Waals surface area contributed by atoms with E-state index in [2.05, 4.69) is 4.98 Å². The second-order valence-electron chi connectivity index (χ2n) is 6.15. The van der Waals surface area contributed by atoms with Crippen LogP contribution in [0, 0.1) is 5.82 Å².